The monoisotopic (exact) mass is 443 g/mol. The van der Waals surface area contributed by atoms with Crippen LogP contribution in [0.4, 0.5) is 11.4 Å². The highest BCUT2D eigenvalue weighted by Crippen LogP contribution is 2.19. The third-order valence-electron chi connectivity index (χ3n) is 5.34. The van der Waals surface area contributed by atoms with Crippen LogP contribution in [0.3, 0.4) is 0 Å². The Bertz CT molecular complexity index is 1280. The van der Waals surface area contributed by atoms with E-state index in [1.807, 2.05) is 32.3 Å². The Balaban J connectivity index is 1.45. The number of hydrogen-bond donors (Lipinski definition) is 3. The number of carbonyl (C=O) groups is 1. The number of nitrogens with zero attached hydrogens (tertiary/aromatic N) is 4. The standard InChI is InChI=1S/C24H25N7O2/c1-3-18-12-25-14-22(29-18)17-10-21(24(33)27-11-17)30-23(32)16-4-6-20(7-5-16)31(2)9-8-19-13-26-15-28-19/h4-7,10-15H,3,8-9H2,1-2H3,(H,26,28)(H,27,33)(H,30,32). The summed E-state index contributed by atoms with van der Waals surface area (Å²) in [5.74, 6) is -0.363. The summed E-state index contributed by atoms with van der Waals surface area (Å²) in [6, 6.07) is 8.86. The topological polar surface area (TPSA) is 120 Å². The third kappa shape index (κ3) is 5.32. The summed E-state index contributed by atoms with van der Waals surface area (Å²) in [4.78, 5) is 45.6. The highest BCUT2D eigenvalue weighted by Gasteiger charge is 2.12. The van der Waals surface area contributed by atoms with E-state index in [0.29, 0.717) is 16.8 Å². The third-order valence-corrected chi connectivity index (χ3v) is 5.34. The Kier molecular flexibility index (Phi) is 6.58. The largest absolute Gasteiger partial charge is 0.374 e. The first kappa shape index (κ1) is 21.9. The molecular weight excluding hydrogens is 418 g/mol. The lowest BCUT2D eigenvalue weighted by molar-refractivity contribution is 0.102. The van der Waals surface area contributed by atoms with E-state index >= 15 is 0 Å². The van der Waals surface area contributed by atoms with Gasteiger partial charge in [0.25, 0.3) is 11.5 Å². The van der Waals surface area contributed by atoms with Crippen LogP contribution >= 0.6 is 0 Å². The van der Waals surface area contributed by atoms with Gasteiger partial charge in [-0.05, 0) is 36.8 Å². The Labute approximate surface area is 191 Å². The highest BCUT2D eigenvalue weighted by molar-refractivity contribution is 6.04. The molecule has 3 aromatic heterocycles. The van der Waals surface area contributed by atoms with Crippen molar-refractivity contribution in [1.82, 2.24) is 24.9 Å². The maximum absolute atomic E-state index is 12.8. The summed E-state index contributed by atoms with van der Waals surface area (Å²) in [7, 11) is 1.99. The summed E-state index contributed by atoms with van der Waals surface area (Å²) in [6.45, 7) is 2.80. The molecule has 0 atom stereocenters. The van der Waals surface area contributed by atoms with Crippen LogP contribution in [0.15, 0.2) is 66.2 Å². The first-order valence-corrected chi connectivity index (χ1v) is 10.7. The molecule has 0 aliphatic heterocycles. The first-order chi connectivity index (χ1) is 16.0. The molecule has 0 aliphatic rings. The summed E-state index contributed by atoms with van der Waals surface area (Å²) in [5, 5.41) is 2.70. The van der Waals surface area contributed by atoms with Gasteiger partial charge in [0, 0.05) is 61.1 Å². The number of H-pyrrole nitrogens is 2. The van der Waals surface area contributed by atoms with E-state index in [2.05, 4.69) is 35.1 Å². The molecule has 4 aromatic rings. The van der Waals surface area contributed by atoms with Gasteiger partial charge in [0.05, 0.1) is 23.9 Å². The number of aryl methyl sites for hydroxylation is 1. The van der Waals surface area contributed by atoms with Crippen molar-refractivity contribution in [2.45, 2.75) is 19.8 Å². The van der Waals surface area contributed by atoms with Gasteiger partial charge in [0.1, 0.15) is 5.69 Å². The Morgan fingerprint density at radius 2 is 1.91 bits per heavy atom. The van der Waals surface area contributed by atoms with Gasteiger partial charge in [-0.25, -0.2) is 9.97 Å². The zero-order valence-electron chi connectivity index (χ0n) is 18.5. The summed E-state index contributed by atoms with van der Waals surface area (Å²) >= 11 is 0. The fourth-order valence-corrected chi connectivity index (χ4v) is 3.34. The van der Waals surface area contributed by atoms with E-state index < -0.39 is 0 Å². The fourth-order valence-electron chi connectivity index (χ4n) is 3.34. The first-order valence-electron chi connectivity index (χ1n) is 10.7. The number of aromatic amines is 2. The van der Waals surface area contributed by atoms with E-state index in [0.717, 1.165) is 36.5 Å². The summed E-state index contributed by atoms with van der Waals surface area (Å²) in [6.07, 6.45) is 9.96. The molecule has 3 heterocycles. The van der Waals surface area contributed by atoms with Crippen LogP contribution in [0.25, 0.3) is 11.3 Å². The minimum absolute atomic E-state index is 0.155. The molecule has 0 aliphatic carbocycles. The average Bonchev–Trinajstić information content (AvgIpc) is 3.38. The molecule has 1 amide bonds. The van der Waals surface area contributed by atoms with E-state index in [4.69, 9.17) is 0 Å². The number of pyridine rings is 1. The van der Waals surface area contributed by atoms with Crippen molar-refractivity contribution < 1.29 is 4.79 Å². The number of carbonyl (C=O) groups excluding carboxylic acids is 1. The van der Waals surface area contributed by atoms with Gasteiger partial charge in [0.15, 0.2) is 0 Å². The Morgan fingerprint density at radius 3 is 2.64 bits per heavy atom. The van der Waals surface area contributed by atoms with Crippen molar-refractivity contribution in [3.63, 3.8) is 0 Å². The molecule has 9 heteroatoms. The summed E-state index contributed by atoms with van der Waals surface area (Å²) in [5.41, 5.74) is 4.42. The predicted octanol–water partition coefficient (Wildman–Crippen LogP) is 3.05. The van der Waals surface area contributed by atoms with Crippen molar-refractivity contribution in [2.75, 3.05) is 23.8 Å². The van der Waals surface area contributed by atoms with E-state index in [1.165, 1.54) is 0 Å². The highest BCUT2D eigenvalue weighted by atomic mass is 16.2. The zero-order chi connectivity index (χ0) is 23.2. The molecule has 1 aromatic carbocycles. The lowest BCUT2D eigenvalue weighted by atomic mass is 10.1. The minimum atomic E-state index is -0.387. The molecule has 0 bridgehead atoms. The van der Waals surface area contributed by atoms with Gasteiger partial charge < -0.3 is 20.2 Å². The second kappa shape index (κ2) is 9.90. The van der Waals surface area contributed by atoms with Gasteiger partial charge in [-0.15, -0.1) is 0 Å². The van der Waals surface area contributed by atoms with Crippen LogP contribution in [0.2, 0.25) is 0 Å². The molecule has 168 valence electrons. The molecule has 0 unspecified atom stereocenters. The van der Waals surface area contributed by atoms with Crippen LogP contribution in [-0.4, -0.2) is 44.4 Å². The number of likely N-dealkylation sites (N-methyl/N-ethyl adjacent to an activating group) is 1. The predicted molar refractivity (Wildman–Crippen MR) is 127 cm³/mol. The number of amides is 1. The molecule has 0 radical (unpaired) electrons. The van der Waals surface area contributed by atoms with Crippen LogP contribution in [0.5, 0.6) is 0 Å². The fraction of sp³-hybridized carbons (Fsp3) is 0.208. The second-order valence-electron chi connectivity index (χ2n) is 7.63. The maximum atomic E-state index is 12.8. The number of hydrogen-bond acceptors (Lipinski definition) is 6. The van der Waals surface area contributed by atoms with E-state index in [-0.39, 0.29) is 17.2 Å². The van der Waals surface area contributed by atoms with Crippen molar-refractivity contribution in [3.05, 3.63) is 88.8 Å². The number of benzene rings is 1. The number of imidazole rings is 1. The van der Waals surface area contributed by atoms with E-state index in [9.17, 15) is 9.59 Å². The van der Waals surface area contributed by atoms with Crippen molar-refractivity contribution in [3.8, 4) is 11.3 Å². The van der Waals surface area contributed by atoms with Crippen molar-refractivity contribution >= 4 is 17.3 Å². The molecule has 9 nitrogen and oxygen atoms in total. The number of anilines is 2. The number of nitrogens with one attached hydrogen (secondary N) is 3. The van der Waals surface area contributed by atoms with Crippen LogP contribution in [0, 0.1) is 0 Å². The van der Waals surface area contributed by atoms with Gasteiger partial charge in [-0.1, -0.05) is 6.92 Å². The smallest absolute Gasteiger partial charge is 0.271 e. The number of rotatable bonds is 8. The second-order valence-corrected chi connectivity index (χ2v) is 7.63. The lowest BCUT2D eigenvalue weighted by Gasteiger charge is -2.19. The van der Waals surface area contributed by atoms with Gasteiger partial charge in [0.2, 0.25) is 0 Å². The van der Waals surface area contributed by atoms with Gasteiger partial charge in [-0.3, -0.25) is 14.6 Å². The summed E-state index contributed by atoms with van der Waals surface area (Å²) < 4.78 is 0. The maximum Gasteiger partial charge on any atom is 0.271 e. The average molecular weight is 444 g/mol. The van der Waals surface area contributed by atoms with Gasteiger partial charge in [-0.2, -0.15) is 0 Å². The lowest BCUT2D eigenvalue weighted by Crippen LogP contribution is -2.21. The van der Waals surface area contributed by atoms with Crippen molar-refractivity contribution in [2.24, 2.45) is 0 Å². The number of aromatic nitrogens is 5. The van der Waals surface area contributed by atoms with Gasteiger partial charge >= 0.3 is 0 Å². The molecule has 33 heavy (non-hydrogen) atoms. The minimum Gasteiger partial charge on any atom is -0.374 e. The normalized spacial score (nSPS) is 10.7. The molecule has 3 N–H and O–H groups in total. The van der Waals surface area contributed by atoms with Crippen LogP contribution in [0.1, 0.15) is 28.7 Å². The molecule has 4 rings (SSSR count). The SMILES string of the molecule is CCc1cncc(-c2c[nH]c(=O)c(NC(=O)c3ccc(N(C)CCc4cnc[nH]4)cc3)c2)n1. The molecule has 0 spiro atoms. The molecule has 0 saturated carbocycles. The Hall–Kier alpha value is -4.27. The molecule has 0 fully saturated rings. The zero-order valence-corrected chi connectivity index (χ0v) is 18.5. The molecular formula is C24H25N7O2. The van der Waals surface area contributed by atoms with E-state index in [1.54, 1.807) is 43.1 Å². The van der Waals surface area contributed by atoms with Crippen molar-refractivity contribution in [1.29, 1.82) is 0 Å². The molecule has 0 saturated heterocycles. The quantitative estimate of drug-likeness (QED) is 0.385. The van der Waals surface area contributed by atoms with Crippen LogP contribution in [-0.2, 0) is 12.8 Å². The van der Waals surface area contributed by atoms with Crippen LogP contribution < -0.4 is 15.8 Å². The Morgan fingerprint density at radius 1 is 1.09 bits per heavy atom.